The molecule has 0 aliphatic carbocycles. The summed E-state index contributed by atoms with van der Waals surface area (Å²) in [5.74, 6) is -1.52. The van der Waals surface area contributed by atoms with E-state index in [0.29, 0.717) is 11.3 Å². The summed E-state index contributed by atoms with van der Waals surface area (Å²) in [4.78, 5) is 43.3. The Labute approximate surface area is 193 Å². The second-order valence-electron chi connectivity index (χ2n) is 7.12. The van der Waals surface area contributed by atoms with E-state index in [1.165, 1.54) is 31.3 Å². The first kappa shape index (κ1) is 22.9. The molecule has 2 amide bonds. The number of benzene rings is 1. The van der Waals surface area contributed by atoms with Crippen molar-refractivity contribution < 1.29 is 22.8 Å². The Kier molecular flexibility index (Phi) is 5.79. The number of amides is 2. The number of hydrogen-bond donors (Lipinski definition) is 3. The van der Waals surface area contributed by atoms with Gasteiger partial charge in [-0.25, -0.2) is 9.67 Å². The maximum absolute atomic E-state index is 13.1. The van der Waals surface area contributed by atoms with Crippen LogP contribution in [0.25, 0.3) is 16.9 Å². The van der Waals surface area contributed by atoms with E-state index in [1.54, 1.807) is 5.38 Å². The molecule has 0 saturated heterocycles. The standard InChI is InChI=1S/C21H15F3N6O3S/c1-10-5-16(31)17(29-30(10)13-4-2-3-12(7-13)21(22,23)24)19(33)28-20-27-15(9-34-20)11-6-14(18(25)32)26-8-11/h2-9,26H,1H3,(H2,25,32)(H,27,28,33). The van der Waals surface area contributed by atoms with Crippen molar-refractivity contribution in [3.63, 3.8) is 0 Å². The molecule has 0 aliphatic rings. The van der Waals surface area contributed by atoms with E-state index in [2.05, 4.69) is 20.4 Å². The molecule has 13 heteroatoms. The first-order valence-electron chi connectivity index (χ1n) is 9.57. The maximum Gasteiger partial charge on any atom is 0.416 e. The first-order valence-corrected chi connectivity index (χ1v) is 10.4. The molecule has 3 aromatic heterocycles. The molecule has 0 bridgehead atoms. The molecule has 0 atom stereocenters. The van der Waals surface area contributed by atoms with Gasteiger partial charge in [-0.15, -0.1) is 11.3 Å². The second-order valence-corrected chi connectivity index (χ2v) is 7.97. The zero-order valence-electron chi connectivity index (χ0n) is 17.3. The van der Waals surface area contributed by atoms with Gasteiger partial charge < -0.3 is 10.7 Å². The molecule has 0 aliphatic heterocycles. The van der Waals surface area contributed by atoms with Crippen LogP contribution in [0.1, 0.15) is 32.2 Å². The summed E-state index contributed by atoms with van der Waals surface area (Å²) in [7, 11) is 0. The number of alkyl halides is 3. The minimum Gasteiger partial charge on any atom is -0.364 e. The van der Waals surface area contributed by atoms with Crippen molar-refractivity contribution in [1.82, 2.24) is 19.7 Å². The minimum atomic E-state index is -4.57. The summed E-state index contributed by atoms with van der Waals surface area (Å²) < 4.78 is 40.4. The number of nitrogens with zero attached hydrogens (tertiary/aromatic N) is 3. The Morgan fingerprint density at radius 3 is 2.65 bits per heavy atom. The van der Waals surface area contributed by atoms with Crippen LogP contribution in [0.4, 0.5) is 18.3 Å². The number of rotatable bonds is 5. The smallest absolute Gasteiger partial charge is 0.364 e. The van der Waals surface area contributed by atoms with Gasteiger partial charge in [0.2, 0.25) is 5.43 Å². The van der Waals surface area contributed by atoms with Crippen molar-refractivity contribution in [3.8, 4) is 16.9 Å². The average Bonchev–Trinajstić information content (AvgIpc) is 3.43. The van der Waals surface area contributed by atoms with Gasteiger partial charge in [0.05, 0.1) is 16.9 Å². The fraction of sp³-hybridized carbons (Fsp3) is 0.0952. The summed E-state index contributed by atoms with van der Waals surface area (Å²) in [5, 5.41) is 8.22. The van der Waals surface area contributed by atoms with Gasteiger partial charge in [0.1, 0.15) is 5.69 Å². The third kappa shape index (κ3) is 4.59. The first-order chi connectivity index (χ1) is 16.0. The molecule has 4 aromatic rings. The number of anilines is 1. The van der Waals surface area contributed by atoms with Gasteiger partial charge in [0.15, 0.2) is 10.8 Å². The molecule has 0 radical (unpaired) electrons. The summed E-state index contributed by atoms with van der Waals surface area (Å²) in [5.41, 5.74) is 4.58. The number of hydrogen-bond acceptors (Lipinski definition) is 6. The lowest BCUT2D eigenvalue weighted by Crippen LogP contribution is -2.27. The predicted molar refractivity (Wildman–Crippen MR) is 118 cm³/mol. The van der Waals surface area contributed by atoms with Crippen molar-refractivity contribution in [3.05, 3.63) is 80.8 Å². The molecule has 4 N–H and O–H groups in total. The summed E-state index contributed by atoms with van der Waals surface area (Å²) in [6.07, 6.45) is -3.04. The third-order valence-electron chi connectivity index (χ3n) is 4.71. The molecule has 0 fully saturated rings. The highest BCUT2D eigenvalue weighted by atomic mass is 32.1. The van der Waals surface area contributed by atoms with Gasteiger partial charge in [-0.2, -0.15) is 18.3 Å². The molecule has 4 rings (SSSR count). The number of aryl methyl sites for hydroxylation is 1. The van der Waals surface area contributed by atoms with E-state index in [4.69, 9.17) is 5.73 Å². The van der Waals surface area contributed by atoms with Gasteiger partial charge in [0, 0.05) is 28.9 Å². The van der Waals surface area contributed by atoms with Crippen LogP contribution in [-0.2, 0) is 6.18 Å². The molecule has 9 nitrogen and oxygen atoms in total. The van der Waals surface area contributed by atoms with Gasteiger partial charge >= 0.3 is 6.18 Å². The van der Waals surface area contributed by atoms with Crippen molar-refractivity contribution in [1.29, 1.82) is 0 Å². The largest absolute Gasteiger partial charge is 0.416 e. The van der Waals surface area contributed by atoms with Gasteiger partial charge in [-0.05, 0) is 31.2 Å². The number of primary amides is 1. The number of carbonyl (C=O) groups excluding carboxylic acids is 2. The SMILES string of the molecule is Cc1cc(=O)c(C(=O)Nc2nc(-c3c[nH]c(C(N)=O)c3)cs2)nn1-c1cccc(C(F)(F)F)c1. The van der Waals surface area contributed by atoms with E-state index < -0.39 is 34.7 Å². The lowest BCUT2D eigenvalue weighted by atomic mass is 10.2. The quantitative estimate of drug-likeness (QED) is 0.396. The van der Waals surface area contributed by atoms with Crippen molar-refractivity contribution in [2.75, 3.05) is 5.32 Å². The van der Waals surface area contributed by atoms with E-state index in [0.717, 1.165) is 34.2 Å². The van der Waals surface area contributed by atoms with Crippen LogP contribution in [0.2, 0.25) is 0 Å². The molecule has 0 spiro atoms. The van der Waals surface area contributed by atoms with Crippen molar-refractivity contribution in [2.45, 2.75) is 13.1 Å². The Bertz CT molecular complexity index is 1470. The molecule has 0 unspecified atom stereocenters. The molecule has 174 valence electrons. The Morgan fingerprint density at radius 2 is 1.97 bits per heavy atom. The number of H-pyrrole nitrogens is 1. The summed E-state index contributed by atoms with van der Waals surface area (Å²) in [6, 6.07) is 6.98. The monoisotopic (exact) mass is 488 g/mol. The number of halogens is 3. The fourth-order valence-corrected chi connectivity index (χ4v) is 3.80. The maximum atomic E-state index is 13.1. The van der Waals surface area contributed by atoms with Gasteiger partial charge in [0.25, 0.3) is 11.8 Å². The highest BCUT2D eigenvalue weighted by Gasteiger charge is 2.30. The summed E-state index contributed by atoms with van der Waals surface area (Å²) >= 11 is 1.06. The number of nitrogens with one attached hydrogen (secondary N) is 2. The van der Waals surface area contributed by atoms with Crippen LogP contribution in [0.3, 0.4) is 0 Å². The molecule has 0 saturated carbocycles. The van der Waals surface area contributed by atoms with E-state index >= 15 is 0 Å². The predicted octanol–water partition coefficient (Wildman–Crippen LogP) is 3.36. The van der Waals surface area contributed by atoms with E-state index in [9.17, 15) is 27.6 Å². The number of carbonyl (C=O) groups is 2. The summed E-state index contributed by atoms with van der Waals surface area (Å²) in [6.45, 7) is 1.49. The zero-order chi connectivity index (χ0) is 24.6. The lowest BCUT2D eigenvalue weighted by Gasteiger charge is -2.13. The minimum absolute atomic E-state index is 0.0376. The molecule has 3 heterocycles. The molecular weight excluding hydrogens is 473 g/mol. The van der Waals surface area contributed by atoms with Crippen LogP contribution in [-0.4, -0.2) is 31.6 Å². The van der Waals surface area contributed by atoms with Crippen LogP contribution >= 0.6 is 11.3 Å². The molecule has 1 aromatic carbocycles. The Morgan fingerprint density at radius 1 is 1.21 bits per heavy atom. The van der Waals surface area contributed by atoms with Crippen LogP contribution in [0.15, 0.2) is 52.8 Å². The highest BCUT2D eigenvalue weighted by molar-refractivity contribution is 7.14. The van der Waals surface area contributed by atoms with Crippen LogP contribution in [0.5, 0.6) is 0 Å². The Hall–Kier alpha value is -4.26. The zero-order valence-corrected chi connectivity index (χ0v) is 18.1. The van der Waals surface area contributed by atoms with Crippen molar-refractivity contribution in [2.24, 2.45) is 5.73 Å². The third-order valence-corrected chi connectivity index (χ3v) is 5.47. The Balaban J connectivity index is 1.62. The van der Waals surface area contributed by atoms with Crippen LogP contribution in [0, 0.1) is 6.92 Å². The average molecular weight is 488 g/mol. The van der Waals surface area contributed by atoms with E-state index in [-0.39, 0.29) is 22.2 Å². The van der Waals surface area contributed by atoms with Crippen molar-refractivity contribution >= 4 is 28.3 Å². The number of nitrogens with two attached hydrogens (primary N) is 1. The molecular formula is C21H15F3N6O3S. The number of aromatic nitrogens is 4. The fourth-order valence-electron chi connectivity index (χ4n) is 3.08. The normalized spacial score (nSPS) is 11.4. The molecule has 34 heavy (non-hydrogen) atoms. The topological polar surface area (TPSA) is 136 Å². The van der Waals surface area contributed by atoms with E-state index in [1.807, 2.05) is 0 Å². The highest BCUT2D eigenvalue weighted by Crippen LogP contribution is 2.30. The van der Waals surface area contributed by atoms with Crippen LogP contribution < -0.4 is 16.5 Å². The number of aromatic amines is 1. The number of thiazole rings is 1. The van der Waals surface area contributed by atoms with Gasteiger partial charge in [-0.3, -0.25) is 19.7 Å². The lowest BCUT2D eigenvalue weighted by molar-refractivity contribution is -0.137. The second kappa shape index (κ2) is 8.59. The van der Waals surface area contributed by atoms with Gasteiger partial charge in [-0.1, -0.05) is 6.07 Å².